The predicted octanol–water partition coefficient (Wildman–Crippen LogP) is 2.88. The van der Waals surface area contributed by atoms with Crippen LogP contribution in [0, 0.1) is 0 Å². The van der Waals surface area contributed by atoms with Crippen molar-refractivity contribution in [2.45, 2.75) is 45.5 Å². The lowest BCUT2D eigenvalue weighted by molar-refractivity contribution is -0.137. The highest BCUT2D eigenvalue weighted by molar-refractivity contribution is 5.94. The van der Waals surface area contributed by atoms with E-state index in [4.69, 9.17) is 0 Å². The fraction of sp³-hybridized carbons (Fsp3) is 0.529. The molecule has 0 aliphatic rings. The van der Waals surface area contributed by atoms with Crippen molar-refractivity contribution in [3.05, 3.63) is 29.8 Å². The number of carbonyl (C=O) groups excluding carboxylic acids is 2. The maximum Gasteiger partial charge on any atom is 0.416 e. The highest BCUT2D eigenvalue weighted by Crippen LogP contribution is 2.29. The number of halogens is 3. The van der Waals surface area contributed by atoms with Crippen LogP contribution < -0.4 is 10.6 Å². The van der Waals surface area contributed by atoms with Crippen molar-refractivity contribution in [1.29, 1.82) is 0 Å². The number of hydrogen-bond donors (Lipinski definition) is 2. The van der Waals surface area contributed by atoms with Crippen molar-refractivity contribution in [2.24, 2.45) is 0 Å². The topological polar surface area (TPSA) is 61.4 Å². The summed E-state index contributed by atoms with van der Waals surface area (Å²) in [6, 6.07) is 3.56. The molecule has 0 bridgehead atoms. The van der Waals surface area contributed by atoms with Crippen LogP contribution >= 0.6 is 0 Å². The van der Waals surface area contributed by atoms with Crippen LogP contribution in [0.2, 0.25) is 0 Å². The Morgan fingerprint density at radius 3 is 2.08 bits per heavy atom. The van der Waals surface area contributed by atoms with Crippen LogP contribution in [0.1, 0.15) is 33.3 Å². The Hall–Kier alpha value is -2.09. The van der Waals surface area contributed by atoms with Crippen LogP contribution in [0.5, 0.6) is 0 Å². The zero-order chi connectivity index (χ0) is 19.4. The molecule has 0 saturated carbocycles. The average Bonchev–Trinajstić information content (AvgIpc) is 2.43. The van der Waals surface area contributed by atoms with Crippen molar-refractivity contribution in [3.63, 3.8) is 0 Å². The molecule has 1 aromatic rings. The minimum atomic E-state index is -4.42. The van der Waals surface area contributed by atoms with E-state index in [-0.39, 0.29) is 23.7 Å². The summed E-state index contributed by atoms with van der Waals surface area (Å²) in [5.41, 5.74) is -0.893. The molecule has 0 aromatic heterocycles. The van der Waals surface area contributed by atoms with Gasteiger partial charge in [0.25, 0.3) is 0 Å². The second kappa shape index (κ2) is 7.86. The number of anilines is 1. The summed E-state index contributed by atoms with van der Waals surface area (Å²) >= 11 is 0. The van der Waals surface area contributed by atoms with Gasteiger partial charge in [0.15, 0.2) is 0 Å². The first-order valence-electron chi connectivity index (χ1n) is 7.79. The van der Waals surface area contributed by atoms with Crippen molar-refractivity contribution in [1.82, 2.24) is 10.2 Å². The number of nitrogens with zero attached hydrogens (tertiary/aromatic N) is 1. The average molecular weight is 359 g/mol. The van der Waals surface area contributed by atoms with Crippen molar-refractivity contribution in [3.8, 4) is 0 Å². The van der Waals surface area contributed by atoms with Gasteiger partial charge in [-0.25, -0.2) is 0 Å². The molecule has 140 valence electrons. The third kappa shape index (κ3) is 7.13. The molecule has 5 nitrogen and oxygen atoms in total. The first kappa shape index (κ1) is 21.0. The van der Waals surface area contributed by atoms with Crippen LogP contribution in [0.25, 0.3) is 0 Å². The molecule has 0 unspecified atom stereocenters. The SMILES string of the molecule is C[C@@H](C(=O)Nc1ccc(C(F)(F)F)cc1)N(C)CC(=O)NC(C)(C)C. The number of carbonyl (C=O) groups is 2. The molecule has 8 heteroatoms. The maximum absolute atomic E-state index is 12.5. The van der Waals surface area contributed by atoms with Gasteiger partial charge in [-0.1, -0.05) is 0 Å². The quantitative estimate of drug-likeness (QED) is 0.850. The Labute approximate surface area is 145 Å². The van der Waals surface area contributed by atoms with E-state index < -0.39 is 23.7 Å². The summed E-state index contributed by atoms with van der Waals surface area (Å²) in [5.74, 6) is -0.630. The van der Waals surface area contributed by atoms with Crippen LogP contribution in [0.3, 0.4) is 0 Å². The molecule has 0 heterocycles. The second-order valence-corrected chi connectivity index (χ2v) is 6.95. The molecule has 25 heavy (non-hydrogen) atoms. The van der Waals surface area contributed by atoms with Crippen LogP contribution in [-0.2, 0) is 15.8 Å². The molecule has 0 radical (unpaired) electrons. The zero-order valence-electron chi connectivity index (χ0n) is 15.0. The third-order valence-corrected chi connectivity index (χ3v) is 3.43. The van der Waals surface area contributed by atoms with Crippen molar-refractivity contribution < 1.29 is 22.8 Å². The van der Waals surface area contributed by atoms with Crippen molar-refractivity contribution >= 4 is 17.5 Å². The van der Waals surface area contributed by atoms with Crippen LogP contribution in [0.15, 0.2) is 24.3 Å². The highest BCUT2D eigenvalue weighted by Gasteiger charge is 2.30. The predicted molar refractivity (Wildman–Crippen MR) is 90.1 cm³/mol. The second-order valence-electron chi connectivity index (χ2n) is 6.95. The molecule has 0 aliphatic carbocycles. The van der Waals surface area contributed by atoms with Crippen LogP contribution in [0.4, 0.5) is 18.9 Å². The standard InChI is InChI=1S/C17H24F3N3O2/c1-11(23(5)10-14(24)22-16(2,3)4)15(25)21-13-8-6-12(7-9-13)17(18,19)20/h6-9,11H,10H2,1-5H3,(H,21,25)(H,22,24)/t11-/m0/s1. The number of likely N-dealkylation sites (N-methyl/N-ethyl adjacent to an activating group) is 1. The fourth-order valence-electron chi connectivity index (χ4n) is 2.01. The molecule has 2 amide bonds. The molecule has 2 N–H and O–H groups in total. The summed E-state index contributed by atoms with van der Waals surface area (Å²) in [7, 11) is 1.62. The Morgan fingerprint density at radius 2 is 1.64 bits per heavy atom. The van der Waals surface area contributed by atoms with E-state index in [0.717, 1.165) is 12.1 Å². The van der Waals surface area contributed by atoms with E-state index in [1.807, 2.05) is 20.8 Å². The summed E-state index contributed by atoms with van der Waals surface area (Å²) in [6.07, 6.45) is -4.42. The van der Waals surface area contributed by atoms with E-state index in [0.29, 0.717) is 0 Å². The molecule has 1 rings (SSSR count). The van der Waals surface area contributed by atoms with Gasteiger partial charge in [-0.15, -0.1) is 0 Å². The van der Waals surface area contributed by atoms with Gasteiger partial charge in [-0.05, 0) is 59.0 Å². The smallest absolute Gasteiger partial charge is 0.350 e. The lowest BCUT2D eigenvalue weighted by Crippen LogP contribution is -2.49. The molecule has 0 fully saturated rings. The van der Waals surface area contributed by atoms with Gasteiger partial charge in [0.05, 0.1) is 18.2 Å². The Bertz CT molecular complexity index is 607. The largest absolute Gasteiger partial charge is 0.416 e. The lowest BCUT2D eigenvalue weighted by Gasteiger charge is -2.26. The molecule has 1 aromatic carbocycles. The molecular weight excluding hydrogens is 335 g/mol. The van der Waals surface area contributed by atoms with Gasteiger partial charge < -0.3 is 10.6 Å². The maximum atomic E-state index is 12.5. The molecule has 0 spiro atoms. The number of amides is 2. The molecule has 0 aliphatic heterocycles. The van der Waals surface area contributed by atoms with Gasteiger partial charge in [0.1, 0.15) is 0 Å². The molecule has 0 saturated heterocycles. The van der Waals surface area contributed by atoms with Gasteiger partial charge in [0, 0.05) is 11.2 Å². The summed E-state index contributed by atoms with van der Waals surface area (Å²) < 4.78 is 37.6. The number of benzene rings is 1. The third-order valence-electron chi connectivity index (χ3n) is 3.43. The van der Waals surface area contributed by atoms with E-state index >= 15 is 0 Å². The lowest BCUT2D eigenvalue weighted by atomic mass is 10.1. The van der Waals surface area contributed by atoms with Gasteiger partial charge >= 0.3 is 6.18 Å². The van der Waals surface area contributed by atoms with Crippen LogP contribution in [-0.4, -0.2) is 41.9 Å². The highest BCUT2D eigenvalue weighted by atomic mass is 19.4. The van der Waals surface area contributed by atoms with Gasteiger partial charge in [0.2, 0.25) is 11.8 Å². The zero-order valence-corrected chi connectivity index (χ0v) is 15.0. The molecular formula is C17H24F3N3O2. The summed E-state index contributed by atoms with van der Waals surface area (Å²) in [6.45, 7) is 7.20. The number of nitrogens with one attached hydrogen (secondary N) is 2. The Balaban J connectivity index is 2.62. The summed E-state index contributed by atoms with van der Waals surface area (Å²) in [4.78, 5) is 25.6. The fourth-order valence-corrected chi connectivity index (χ4v) is 2.01. The van der Waals surface area contributed by atoms with Gasteiger partial charge in [-0.2, -0.15) is 13.2 Å². The first-order valence-corrected chi connectivity index (χ1v) is 7.79. The monoisotopic (exact) mass is 359 g/mol. The van der Waals surface area contributed by atoms with E-state index in [2.05, 4.69) is 10.6 Å². The Morgan fingerprint density at radius 1 is 1.12 bits per heavy atom. The number of alkyl halides is 3. The number of hydrogen-bond acceptors (Lipinski definition) is 3. The molecule has 1 atom stereocenters. The Kier molecular flexibility index (Phi) is 6.59. The van der Waals surface area contributed by atoms with Crippen molar-refractivity contribution in [2.75, 3.05) is 18.9 Å². The van der Waals surface area contributed by atoms with E-state index in [1.54, 1.807) is 18.9 Å². The first-order chi connectivity index (χ1) is 11.3. The van der Waals surface area contributed by atoms with E-state index in [9.17, 15) is 22.8 Å². The summed E-state index contributed by atoms with van der Waals surface area (Å²) in [5, 5.41) is 5.34. The minimum Gasteiger partial charge on any atom is -0.350 e. The minimum absolute atomic E-state index is 0.0267. The number of rotatable bonds is 5. The van der Waals surface area contributed by atoms with Gasteiger partial charge in [-0.3, -0.25) is 14.5 Å². The normalized spacial score (nSPS) is 13.5. The van der Waals surface area contributed by atoms with E-state index in [1.165, 1.54) is 12.1 Å².